The zero-order valence-corrected chi connectivity index (χ0v) is 16.5. The maximum atomic E-state index is 11.9. The molecule has 24 heavy (non-hydrogen) atoms. The van der Waals surface area contributed by atoms with Gasteiger partial charge in [-0.2, -0.15) is 0 Å². The average molecular weight is 358 g/mol. The summed E-state index contributed by atoms with van der Waals surface area (Å²) in [5.74, 6) is 1.44. The van der Waals surface area contributed by atoms with Gasteiger partial charge in [0.1, 0.15) is 11.8 Å². The SMILES string of the molecule is CC(C)C[C@H](N)C(=O)OCOc1c(C(C)C)cccc1C(C)C.Cl. The summed E-state index contributed by atoms with van der Waals surface area (Å²) in [5, 5.41) is 0. The molecule has 0 heterocycles. The second-order valence-electron chi connectivity index (χ2n) is 7.04. The molecule has 1 rings (SSSR count). The molecule has 1 atom stereocenters. The van der Waals surface area contributed by atoms with Crippen molar-refractivity contribution < 1.29 is 14.3 Å². The van der Waals surface area contributed by atoms with Gasteiger partial charge in [0.25, 0.3) is 0 Å². The molecule has 0 spiro atoms. The molecular formula is C19H32ClNO3. The van der Waals surface area contributed by atoms with Gasteiger partial charge in [0.2, 0.25) is 6.79 Å². The number of hydrogen-bond donors (Lipinski definition) is 1. The fourth-order valence-electron chi connectivity index (χ4n) is 2.51. The van der Waals surface area contributed by atoms with E-state index in [1.54, 1.807) is 0 Å². The molecule has 0 aromatic heterocycles. The van der Waals surface area contributed by atoms with Crippen LogP contribution in [0.1, 0.15) is 70.9 Å². The van der Waals surface area contributed by atoms with E-state index in [0.717, 1.165) is 16.9 Å². The van der Waals surface area contributed by atoms with E-state index < -0.39 is 12.0 Å². The number of ether oxygens (including phenoxy) is 2. The normalized spacial score (nSPS) is 12.2. The number of halogens is 1. The number of carbonyl (C=O) groups excluding carboxylic acids is 1. The van der Waals surface area contributed by atoms with Crippen LogP contribution in [0.3, 0.4) is 0 Å². The molecule has 0 radical (unpaired) electrons. The molecule has 138 valence electrons. The Balaban J connectivity index is 0.00000529. The topological polar surface area (TPSA) is 61.6 Å². The minimum absolute atomic E-state index is 0. The Kier molecular flexibility index (Phi) is 10.0. The summed E-state index contributed by atoms with van der Waals surface area (Å²) in [4.78, 5) is 11.9. The third-order valence-corrected chi connectivity index (χ3v) is 3.75. The van der Waals surface area contributed by atoms with Gasteiger partial charge < -0.3 is 15.2 Å². The first-order valence-corrected chi connectivity index (χ1v) is 8.41. The maximum Gasteiger partial charge on any atom is 0.325 e. The van der Waals surface area contributed by atoms with Crippen molar-refractivity contribution in [3.63, 3.8) is 0 Å². The summed E-state index contributed by atoms with van der Waals surface area (Å²) >= 11 is 0. The van der Waals surface area contributed by atoms with Crippen molar-refractivity contribution >= 4 is 18.4 Å². The van der Waals surface area contributed by atoms with Crippen molar-refractivity contribution in [2.45, 2.75) is 65.8 Å². The first-order chi connectivity index (χ1) is 10.7. The lowest BCUT2D eigenvalue weighted by Gasteiger charge is -2.20. The highest BCUT2D eigenvalue weighted by molar-refractivity contribution is 5.85. The molecule has 0 fully saturated rings. The number of rotatable bonds is 8. The highest BCUT2D eigenvalue weighted by Gasteiger charge is 2.18. The van der Waals surface area contributed by atoms with Gasteiger partial charge in [-0.25, -0.2) is 0 Å². The van der Waals surface area contributed by atoms with Crippen LogP contribution in [0.5, 0.6) is 5.75 Å². The monoisotopic (exact) mass is 357 g/mol. The van der Waals surface area contributed by atoms with Gasteiger partial charge in [-0.05, 0) is 35.3 Å². The molecule has 0 saturated heterocycles. The number of benzene rings is 1. The highest BCUT2D eigenvalue weighted by Crippen LogP contribution is 2.34. The zero-order valence-electron chi connectivity index (χ0n) is 15.7. The molecule has 0 aliphatic carbocycles. The predicted octanol–water partition coefficient (Wildman–Crippen LogP) is 4.61. The van der Waals surface area contributed by atoms with Gasteiger partial charge >= 0.3 is 5.97 Å². The van der Waals surface area contributed by atoms with Gasteiger partial charge in [-0.15, -0.1) is 12.4 Å². The minimum atomic E-state index is -0.594. The summed E-state index contributed by atoms with van der Waals surface area (Å²) in [6, 6.07) is 5.56. The van der Waals surface area contributed by atoms with Crippen molar-refractivity contribution in [2.24, 2.45) is 11.7 Å². The second kappa shape index (κ2) is 10.6. The van der Waals surface area contributed by atoms with Crippen LogP contribution in [0.2, 0.25) is 0 Å². The van der Waals surface area contributed by atoms with E-state index >= 15 is 0 Å². The summed E-state index contributed by atoms with van der Waals surface area (Å²) in [6.07, 6.45) is 0.610. The third-order valence-electron chi connectivity index (χ3n) is 3.75. The van der Waals surface area contributed by atoms with Gasteiger partial charge in [-0.3, -0.25) is 4.79 Å². The van der Waals surface area contributed by atoms with Gasteiger partial charge in [0.15, 0.2) is 0 Å². The lowest BCUT2D eigenvalue weighted by atomic mass is 9.94. The van der Waals surface area contributed by atoms with Crippen LogP contribution in [0.15, 0.2) is 18.2 Å². The van der Waals surface area contributed by atoms with Crippen LogP contribution < -0.4 is 10.5 Å². The van der Waals surface area contributed by atoms with E-state index in [1.807, 2.05) is 19.9 Å². The Labute approximate surface area is 152 Å². The van der Waals surface area contributed by atoms with Crippen LogP contribution >= 0.6 is 12.4 Å². The van der Waals surface area contributed by atoms with Crippen LogP contribution in [-0.4, -0.2) is 18.8 Å². The molecule has 1 aromatic rings. The van der Waals surface area contributed by atoms with Crippen LogP contribution in [0.4, 0.5) is 0 Å². The number of nitrogens with two attached hydrogens (primary N) is 1. The summed E-state index contributed by atoms with van der Waals surface area (Å²) in [7, 11) is 0. The van der Waals surface area contributed by atoms with E-state index in [2.05, 4.69) is 39.8 Å². The number of para-hydroxylation sites is 1. The number of esters is 1. The quantitative estimate of drug-likeness (QED) is 0.545. The second-order valence-corrected chi connectivity index (χ2v) is 7.04. The molecule has 1 aromatic carbocycles. The van der Waals surface area contributed by atoms with E-state index in [0.29, 0.717) is 24.2 Å². The summed E-state index contributed by atoms with van der Waals surface area (Å²) < 4.78 is 11.0. The molecular weight excluding hydrogens is 326 g/mol. The molecule has 4 nitrogen and oxygen atoms in total. The molecule has 5 heteroatoms. The Morgan fingerprint density at radius 1 is 1.04 bits per heavy atom. The average Bonchev–Trinajstić information content (AvgIpc) is 2.45. The lowest BCUT2D eigenvalue weighted by Crippen LogP contribution is -2.34. The van der Waals surface area contributed by atoms with Crippen molar-refractivity contribution in [2.75, 3.05) is 6.79 Å². The highest BCUT2D eigenvalue weighted by atomic mass is 35.5. The first kappa shape index (κ1) is 22.7. The van der Waals surface area contributed by atoms with Crippen molar-refractivity contribution in [3.05, 3.63) is 29.3 Å². The fourth-order valence-corrected chi connectivity index (χ4v) is 2.51. The standard InChI is InChI=1S/C19H31NO3.ClH/c1-12(2)10-17(20)19(21)23-11-22-18-15(13(3)4)8-7-9-16(18)14(5)6;/h7-9,12-14,17H,10-11,20H2,1-6H3;1H/t17-;/m0./s1. The zero-order chi connectivity index (χ0) is 17.6. The largest absolute Gasteiger partial charge is 0.457 e. The van der Waals surface area contributed by atoms with E-state index in [1.165, 1.54) is 0 Å². The van der Waals surface area contributed by atoms with Gasteiger partial charge in [0, 0.05) is 0 Å². The van der Waals surface area contributed by atoms with Gasteiger partial charge in [-0.1, -0.05) is 59.7 Å². The van der Waals surface area contributed by atoms with Crippen molar-refractivity contribution in [1.29, 1.82) is 0 Å². The number of carbonyl (C=O) groups is 1. The van der Waals surface area contributed by atoms with Crippen molar-refractivity contribution in [1.82, 2.24) is 0 Å². The maximum absolute atomic E-state index is 11.9. The Bertz CT molecular complexity index is 489. The summed E-state index contributed by atoms with van der Waals surface area (Å²) in [5.41, 5.74) is 8.07. The van der Waals surface area contributed by atoms with E-state index in [4.69, 9.17) is 15.2 Å². The molecule has 2 N–H and O–H groups in total. The van der Waals surface area contributed by atoms with E-state index in [9.17, 15) is 4.79 Å². The molecule has 0 bridgehead atoms. The van der Waals surface area contributed by atoms with Crippen LogP contribution in [0, 0.1) is 5.92 Å². The lowest BCUT2D eigenvalue weighted by molar-refractivity contribution is -0.152. The Hall–Kier alpha value is -1.26. The smallest absolute Gasteiger partial charge is 0.325 e. The Morgan fingerprint density at radius 3 is 1.96 bits per heavy atom. The first-order valence-electron chi connectivity index (χ1n) is 8.41. The molecule has 0 unspecified atom stereocenters. The molecule has 0 aliphatic heterocycles. The van der Waals surface area contributed by atoms with Crippen LogP contribution in [-0.2, 0) is 9.53 Å². The minimum Gasteiger partial charge on any atom is -0.457 e. The van der Waals surface area contributed by atoms with Crippen molar-refractivity contribution in [3.8, 4) is 5.75 Å². The van der Waals surface area contributed by atoms with Gasteiger partial charge in [0.05, 0.1) is 0 Å². The third kappa shape index (κ3) is 6.70. The van der Waals surface area contributed by atoms with E-state index in [-0.39, 0.29) is 19.2 Å². The Morgan fingerprint density at radius 2 is 1.54 bits per heavy atom. The number of hydrogen-bond acceptors (Lipinski definition) is 4. The fraction of sp³-hybridized carbons (Fsp3) is 0.632. The molecule has 0 saturated carbocycles. The van der Waals surface area contributed by atoms with Crippen LogP contribution in [0.25, 0.3) is 0 Å². The summed E-state index contributed by atoms with van der Waals surface area (Å²) in [6.45, 7) is 12.4. The predicted molar refractivity (Wildman–Crippen MR) is 101 cm³/mol. The molecule has 0 aliphatic rings. The molecule has 0 amide bonds.